The maximum atomic E-state index is 2.35. The molecule has 3 rings (SSSR count). The van der Waals surface area contributed by atoms with Crippen LogP contribution < -0.4 is 4.90 Å². The highest BCUT2D eigenvalue weighted by Crippen LogP contribution is 2.24. The molecule has 0 bridgehead atoms. The highest BCUT2D eigenvalue weighted by Gasteiger charge is 2.15. The zero-order valence-electron chi connectivity index (χ0n) is 9.54. The quantitative estimate of drug-likeness (QED) is 0.811. The smallest absolute Gasteiger partial charge is 0.104 e. The Morgan fingerprint density at radius 1 is 1.06 bits per heavy atom. The Kier molecular flexibility index (Phi) is 2.94. The summed E-state index contributed by atoms with van der Waals surface area (Å²) in [7, 11) is 0. The molecular formula is C14H18NS+. The maximum absolute atomic E-state index is 2.35. The van der Waals surface area contributed by atoms with Crippen molar-refractivity contribution in [1.82, 2.24) is 0 Å². The van der Waals surface area contributed by atoms with Gasteiger partial charge in [-0.15, -0.1) is 11.3 Å². The van der Waals surface area contributed by atoms with Crippen LogP contribution in [0.1, 0.15) is 24.8 Å². The van der Waals surface area contributed by atoms with Crippen LogP contribution in [0.3, 0.4) is 0 Å². The Morgan fingerprint density at radius 3 is 2.75 bits per heavy atom. The molecule has 0 amide bonds. The monoisotopic (exact) mass is 232 g/mol. The Morgan fingerprint density at radius 2 is 1.88 bits per heavy atom. The van der Waals surface area contributed by atoms with Gasteiger partial charge < -0.3 is 4.90 Å². The minimum atomic E-state index is 1.23. The predicted octanol–water partition coefficient (Wildman–Crippen LogP) is 2.47. The normalized spacial score (nSPS) is 18.0. The van der Waals surface area contributed by atoms with Gasteiger partial charge in [-0.2, -0.15) is 0 Å². The van der Waals surface area contributed by atoms with Gasteiger partial charge in [0.1, 0.15) is 6.54 Å². The number of quaternary nitrogens is 1. The molecule has 1 aromatic heterocycles. The summed E-state index contributed by atoms with van der Waals surface area (Å²) in [5.74, 6) is 0. The molecule has 16 heavy (non-hydrogen) atoms. The summed E-state index contributed by atoms with van der Waals surface area (Å²) in [6.45, 7) is 3.96. The van der Waals surface area contributed by atoms with Crippen molar-refractivity contribution in [1.29, 1.82) is 0 Å². The molecule has 1 saturated heterocycles. The number of hydrogen-bond acceptors (Lipinski definition) is 1. The van der Waals surface area contributed by atoms with E-state index in [1.165, 1.54) is 49.0 Å². The lowest BCUT2D eigenvalue weighted by atomic mass is 10.1. The van der Waals surface area contributed by atoms with Gasteiger partial charge in [-0.3, -0.25) is 0 Å². The zero-order valence-corrected chi connectivity index (χ0v) is 10.4. The van der Waals surface area contributed by atoms with E-state index < -0.39 is 0 Å². The number of nitrogens with one attached hydrogen (secondary N) is 1. The van der Waals surface area contributed by atoms with Crippen LogP contribution in [-0.2, 0) is 6.54 Å². The molecule has 1 fully saturated rings. The van der Waals surface area contributed by atoms with Gasteiger partial charge in [-0.1, -0.05) is 18.2 Å². The SMILES string of the molecule is c1ccc2c(C[NH+]3CCCCC3)csc2c1. The fraction of sp³-hybridized carbons (Fsp3) is 0.429. The first-order chi connectivity index (χ1) is 7.93. The van der Waals surface area contributed by atoms with E-state index in [2.05, 4.69) is 29.6 Å². The molecule has 2 heterocycles. The third-order valence-corrected chi connectivity index (χ3v) is 4.57. The van der Waals surface area contributed by atoms with Gasteiger partial charge in [0.05, 0.1) is 13.1 Å². The molecule has 2 heteroatoms. The molecule has 1 aliphatic rings. The lowest BCUT2D eigenvalue weighted by Crippen LogP contribution is -3.11. The van der Waals surface area contributed by atoms with Crippen molar-refractivity contribution in [3.05, 3.63) is 35.2 Å². The highest BCUT2D eigenvalue weighted by atomic mass is 32.1. The number of likely N-dealkylation sites (tertiary alicyclic amines) is 1. The molecule has 1 N–H and O–H groups in total. The zero-order chi connectivity index (χ0) is 10.8. The molecule has 0 saturated carbocycles. The molecule has 1 nitrogen and oxygen atoms in total. The molecule has 0 aliphatic carbocycles. The number of hydrogen-bond donors (Lipinski definition) is 1. The second-order valence-corrected chi connectivity index (χ2v) is 5.66. The van der Waals surface area contributed by atoms with E-state index in [1.54, 1.807) is 10.5 Å². The van der Waals surface area contributed by atoms with Gasteiger partial charge in [-0.25, -0.2) is 0 Å². The number of benzene rings is 1. The number of thiophene rings is 1. The summed E-state index contributed by atoms with van der Waals surface area (Å²) >= 11 is 1.89. The standard InChI is InChI=1S/C14H17NS/c1-4-8-15(9-5-1)10-12-11-16-14-7-3-2-6-13(12)14/h2-3,6-7,11H,1,4-5,8-10H2/p+1. The van der Waals surface area contributed by atoms with Gasteiger partial charge in [-0.05, 0) is 25.3 Å². The molecule has 1 aromatic carbocycles. The maximum Gasteiger partial charge on any atom is 0.104 e. The topological polar surface area (TPSA) is 4.44 Å². The summed E-state index contributed by atoms with van der Waals surface area (Å²) in [6.07, 6.45) is 4.27. The van der Waals surface area contributed by atoms with Crippen molar-refractivity contribution < 1.29 is 4.90 Å². The first kappa shape index (κ1) is 10.3. The predicted molar refractivity (Wildman–Crippen MR) is 70.1 cm³/mol. The molecule has 84 valence electrons. The minimum Gasteiger partial charge on any atom is -0.331 e. The lowest BCUT2D eigenvalue weighted by Gasteiger charge is -2.23. The van der Waals surface area contributed by atoms with Crippen LogP contribution in [0.4, 0.5) is 0 Å². The fourth-order valence-corrected chi connectivity index (χ4v) is 3.63. The van der Waals surface area contributed by atoms with Gasteiger partial charge in [0.15, 0.2) is 0 Å². The summed E-state index contributed by atoms with van der Waals surface area (Å²) in [4.78, 5) is 1.77. The molecule has 1 aliphatic heterocycles. The Bertz CT molecular complexity index is 468. The second kappa shape index (κ2) is 4.56. The lowest BCUT2D eigenvalue weighted by molar-refractivity contribution is -0.918. The van der Waals surface area contributed by atoms with Crippen LogP contribution >= 0.6 is 11.3 Å². The third kappa shape index (κ3) is 2.00. The van der Waals surface area contributed by atoms with Crippen LogP contribution in [0.5, 0.6) is 0 Å². The van der Waals surface area contributed by atoms with E-state index in [1.807, 2.05) is 11.3 Å². The second-order valence-electron chi connectivity index (χ2n) is 4.74. The van der Waals surface area contributed by atoms with E-state index in [0.717, 1.165) is 0 Å². The first-order valence-corrected chi connectivity index (χ1v) is 7.10. The summed E-state index contributed by atoms with van der Waals surface area (Å²) in [5.41, 5.74) is 1.55. The molecule has 0 radical (unpaired) electrons. The van der Waals surface area contributed by atoms with E-state index in [-0.39, 0.29) is 0 Å². The molecule has 0 atom stereocenters. The fourth-order valence-electron chi connectivity index (χ4n) is 2.67. The van der Waals surface area contributed by atoms with Crippen molar-refractivity contribution in [2.24, 2.45) is 0 Å². The summed E-state index contributed by atoms with van der Waals surface area (Å²) in [5, 5.41) is 3.83. The third-order valence-electron chi connectivity index (χ3n) is 3.56. The Labute approximate surface area is 101 Å². The van der Waals surface area contributed by atoms with E-state index >= 15 is 0 Å². The van der Waals surface area contributed by atoms with Crippen molar-refractivity contribution >= 4 is 21.4 Å². The van der Waals surface area contributed by atoms with E-state index in [0.29, 0.717) is 0 Å². The minimum absolute atomic E-state index is 1.23. The van der Waals surface area contributed by atoms with Crippen molar-refractivity contribution in [3.8, 4) is 0 Å². The molecule has 2 aromatic rings. The van der Waals surface area contributed by atoms with Gasteiger partial charge in [0, 0.05) is 21.0 Å². The summed E-state index contributed by atoms with van der Waals surface area (Å²) < 4.78 is 1.44. The van der Waals surface area contributed by atoms with Crippen LogP contribution in [0.15, 0.2) is 29.6 Å². The van der Waals surface area contributed by atoms with E-state index in [9.17, 15) is 0 Å². The van der Waals surface area contributed by atoms with Crippen LogP contribution in [0.25, 0.3) is 10.1 Å². The van der Waals surface area contributed by atoms with Gasteiger partial charge in [0.2, 0.25) is 0 Å². The van der Waals surface area contributed by atoms with Crippen molar-refractivity contribution in [3.63, 3.8) is 0 Å². The van der Waals surface area contributed by atoms with Crippen LogP contribution in [0.2, 0.25) is 0 Å². The number of rotatable bonds is 2. The molecular weight excluding hydrogens is 214 g/mol. The van der Waals surface area contributed by atoms with Crippen LogP contribution in [-0.4, -0.2) is 13.1 Å². The van der Waals surface area contributed by atoms with Gasteiger partial charge in [0.25, 0.3) is 0 Å². The van der Waals surface area contributed by atoms with Gasteiger partial charge >= 0.3 is 0 Å². The average molecular weight is 232 g/mol. The summed E-state index contributed by atoms with van der Waals surface area (Å²) in [6, 6.07) is 8.79. The van der Waals surface area contributed by atoms with Crippen molar-refractivity contribution in [2.75, 3.05) is 13.1 Å². The first-order valence-electron chi connectivity index (χ1n) is 6.22. The Balaban J connectivity index is 1.83. The largest absolute Gasteiger partial charge is 0.331 e. The average Bonchev–Trinajstić information content (AvgIpc) is 2.74. The van der Waals surface area contributed by atoms with Crippen LogP contribution in [0, 0.1) is 0 Å². The number of piperidine rings is 1. The van der Waals surface area contributed by atoms with E-state index in [4.69, 9.17) is 0 Å². The Hall–Kier alpha value is -0.860. The highest BCUT2D eigenvalue weighted by molar-refractivity contribution is 7.17. The van der Waals surface area contributed by atoms with Crippen molar-refractivity contribution in [2.45, 2.75) is 25.8 Å². The molecule has 0 spiro atoms. The number of fused-ring (bicyclic) bond motifs is 1. The molecule has 0 unspecified atom stereocenters.